The summed E-state index contributed by atoms with van der Waals surface area (Å²) >= 11 is 6.19. The highest BCUT2D eigenvalue weighted by Crippen LogP contribution is 2.56. The van der Waals surface area contributed by atoms with Crippen LogP contribution in [-0.2, 0) is 13.1 Å². The third-order valence-electron chi connectivity index (χ3n) is 7.04. The molecule has 3 aromatic rings. The van der Waals surface area contributed by atoms with Crippen molar-refractivity contribution in [3.8, 4) is 5.69 Å². The number of aromatic nitrogens is 5. The van der Waals surface area contributed by atoms with Crippen molar-refractivity contribution in [1.29, 1.82) is 0 Å². The predicted octanol–water partition coefficient (Wildman–Crippen LogP) is 4.28. The van der Waals surface area contributed by atoms with Crippen LogP contribution >= 0.6 is 11.6 Å². The Bertz CT molecular complexity index is 1240. The second-order valence-electron chi connectivity index (χ2n) is 9.80. The summed E-state index contributed by atoms with van der Waals surface area (Å²) in [6.07, 6.45) is -0.594. The van der Waals surface area contributed by atoms with Gasteiger partial charge in [0.1, 0.15) is 5.82 Å². The quantitative estimate of drug-likeness (QED) is 0.547. The van der Waals surface area contributed by atoms with Crippen molar-refractivity contribution in [3.05, 3.63) is 58.4 Å². The molecule has 0 unspecified atom stereocenters. The Hall–Kier alpha value is -2.72. The molecule has 4 heterocycles. The van der Waals surface area contributed by atoms with Crippen LogP contribution in [0, 0.1) is 12.3 Å². The second-order valence-corrected chi connectivity index (χ2v) is 10.2. The fraction of sp³-hybridized carbons (Fsp3) is 0.478. The summed E-state index contributed by atoms with van der Waals surface area (Å²) in [5, 5.41) is 9.29. The zero-order valence-corrected chi connectivity index (χ0v) is 19.3. The van der Waals surface area contributed by atoms with E-state index in [-0.39, 0.29) is 24.4 Å². The number of rotatable bonds is 3. The summed E-state index contributed by atoms with van der Waals surface area (Å²) in [5.74, 6) is 2.33. The Kier molecular flexibility index (Phi) is 4.90. The van der Waals surface area contributed by atoms with E-state index in [0.29, 0.717) is 10.8 Å². The maximum absolute atomic E-state index is 13.2. The first-order chi connectivity index (χ1) is 16.2. The third-order valence-corrected chi connectivity index (χ3v) is 7.28. The Morgan fingerprint density at radius 2 is 1.91 bits per heavy atom. The standard InChI is InChI=1S/C23H23ClF3N7/c1-14-4-5-28-21(29-14)33-11-22(12-33)7-16(8-22)20-31-30-19-10-32(13-23(25,26)27)9-15-6-17(24)2-3-18(15)34(19)20/h2-6,16H,7-13H2,1H3. The predicted molar refractivity (Wildman–Crippen MR) is 120 cm³/mol. The van der Waals surface area contributed by atoms with Crippen LogP contribution in [0.3, 0.4) is 0 Å². The largest absolute Gasteiger partial charge is 0.401 e. The van der Waals surface area contributed by atoms with Crippen LogP contribution < -0.4 is 4.90 Å². The molecule has 6 rings (SSSR count). The van der Waals surface area contributed by atoms with Gasteiger partial charge in [0.05, 0.1) is 18.8 Å². The minimum absolute atomic E-state index is 0.0785. The lowest BCUT2D eigenvalue weighted by Crippen LogP contribution is -2.62. The molecule has 2 aliphatic heterocycles. The molecule has 1 spiro atoms. The maximum atomic E-state index is 13.2. The van der Waals surface area contributed by atoms with Gasteiger partial charge in [-0.1, -0.05) is 11.6 Å². The Morgan fingerprint density at radius 1 is 1.12 bits per heavy atom. The summed E-state index contributed by atoms with van der Waals surface area (Å²) in [6.45, 7) is 2.98. The topological polar surface area (TPSA) is 63.0 Å². The SMILES string of the molecule is Cc1ccnc(N2CC3(CC(c4nnc5n4-c4ccc(Cl)cc4CN(CC(F)(F)F)C5)C3)C2)n1. The number of anilines is 1. The van der Waals surface area contributed by atoms with Crippen LogP contribution in [-0.4, -0.2) is 55.4 Å². The summed E-state index contributed by atoms with van der Waals surface area (Å²) in [7, 11) is 0. The molecule has 0 bridgehead atoms. The fourth-order valence-electron chi connectivity index (χ4n) is 5.64. The molecular weight excluding hydrogens is 467 g/mol. The highest BCUT2D eigenvalue weighted by atomic mass is 35.5. The van der Waals surface area contributed by atoms with Crippen LogP contribution in [0.5, 0.6) is 0 Å². The van der Waals surface area contributed by atoms with Crippen LogP contribution in [0.4, 0.5) is 19.1 Å². The van der Waals surface area contributed by atoms with E-state index in [4.69, 9.17) is 11.6 Å². The smallest absolute Gasteiger partial charge is 0.340 e. The summed E-state index contributed by atoms with van der Waals surface area (Å²) in [5.41, 5.74) is 2.72. The first-order valence-corrected chi connectivity index (χ1v) is 11.6. The average molecular weight is 490 g/mol. The van der Waals surface area contributed by atoms with Crippen molar-refractivity contribution in [3.63, 3.8) is 0 Å². The van der Waals surface area contributed by atoms with E-state index < -0.39 is 12.7 Å². The molecule has 1 aromatic carbocycles. The first-order valence-electron chi connectivity index (χ1n) is 11.2. The molecule has 0 amide bonds. The number of hydrogen-bond acceptors (Lipinski definition) is 6. The number of nitrogens with zero attached hydrogens (tertiary/aromatic N) is 7. The summed E-state index contributed by atoms with van der Waals surface area (Å²) in [6, 6.07) is 7.25. The normalized spacial score (nSPS) is 19.9. The van der Waals surface area contributed by atoms with Gasteiger partial charge in [-0.15, -0.1) is 10.2 Å². The van der Waals surface area contributed by atoms with Gasteiger partial charge in [0.25, 0.3) is 0 Å². The zero-order chi connectivity index (χ0) is 23.7. The molecule has 0 N–H and O–H groups in total. The monoisotopic (exact) mass is 489 g/mol. The number of hydrogen-bond donors (Lipinski definition) is 0. The molecule has 7 nitrogen and oxygen atoms in total. The zero-order valence-electron chi connectivity index (χ0n) is 18.6. The Morgan fingerprint density at radius 3 is 2.65 bits per heavy atom. The van der Waals surface area contributed by atoms with Gasteiger partial charge in [-0.05, 0) is 49.6 Å². The number of fused-ring (bicyclic) bond motifs is 3. The number of benzene rings is 1. The molecule has 1 saturated carbocycles. The number of halogens is 4. The maximum Gasteiger partial charge on any atom is 0.401 e. The number of alkyl halides is 3. The first kappa shape index (κ1) is 21.8. The van der Waals surface area contributed by atoms with Gasteiger partial charge < -0.3 is 4.90 Å². The van der Waals surface area contributed by atoms with Crippen LogP contribution in [0.15, 0.2) is 30.5 Å². The van der Waals surface area contributed by atoms with Gasteiger partial charge in [-0.3, -0.25) is 9.47 Å². The van der Waals surface area contributed by atoms with E-state index in [1.807, 2.05) is 23.6 Å². The van der Waals surface area contributed by atoms with Gasteiger partial charge in [0, 0.05) is 47.9 Å². The van der Waals surface area contributed by atoms with Crippen molar-refractivity contribution in [1.82, 2.24) is 29.6 Å². The van der Waals surface area contributed by atoms with Crippen LogP contribution in [0.2, 0.25) is 5.02 Å². The summed E-state index contributed by atoms with van der Waals surface area (Å²) in [4.78, 5) is 12.4. The van der Waals surface area contributed by atoms with Gasteiger partial charge in [-0.2, -0.15) is 13.2 Å². The minimum atomic E-state index is -4.30. The van der Waals surface area contributed by atoms with E-state index in [1.165, 1.54) is 4.90 Å². The lowest BCUT2D eigenvalue weighted by atomic mass is 9.57. The van der Waals surface area contributed by atoms with Gasteiger partial charge in [-0.25, -0.2) is 9.97 Å². The average Bonchev–Trinajstić information content (AvgIpc) is 3.01. The molecule has 2 aromatic heterocycles. The molecule has 2 fully saturated rings. The van der Waals surface area contributed by atoms with E-state index in [2.05, 4.69) is 25.1 Å². The molecule has 11 heteroatoms. The number of aryl methyl sites for hydroxylation is 1. The van der Waals surface area contributed by atoms with Crippen molar-refractivity contribution >= 4 is 17.5 Å². The van der Waals surface area contributed by atoms with Gasteiger partial charge in [0.15, 0.2) is 5.82 Å². The van der Waals surface area contributed by atoms with Crippen molar-refractivity contribution in [2.75, 3.05) is 24.5 Å². The van der Waals surface area contributed by atoms with E-state index in [9.17, 15) is 13.2 Å². The van der Waals surface area contributed by atoms with Crippen LogP contribution in [0.1, 0.15) is 41.7 Å². The highest BCUT2D eigenvalue weighted by Gasteiger charge is 2.54. The van der Waals surface area contributed by atoms with Gasteiger partial charge >= 0.3 is 6.18 Å². The minimum Gasteiger partial charge on any atom is -0.340 e. The molecular formula is C23H23ClF3N7. The van der Waals surface area contributed by atoms with E-state index >= 15 is 0 Å². The van der Waals surface area contributed by atoms with E-state index in [1.54, 1.807) is 18.3 Å². The molecule has 178 valence electrons. The lowest BCUT2D eigenvalue weighted by molar-refractivity contribution is -0.148. The van der Waals surface area contributed by atoms with Gasteiger partial charge in [0.2, 0.25) is 5.95 Å². The molecule has 0 radical (unpaired) electrons. The highest BCUT2D eigenvalue weighted by molar-refractivity contribution is 6.30. The van der Waals surface area contributed by atoms with Crippen molar-refractivity contribution in [2.24, 2.45) is 5.41 Å². The molecule has 1 saturated heterocycles. The van der Waals surface area contributed by atoms with Crippen molar-refractivity contribution < 1.29 is 13.2 Å². The second kappa shape index (κ2) is 7.64. The summed E-state index contributed by atoms with van der Waals surface area (Å²) < 4.78 is 41.5. The molecule has 3 aliphatic rings. The lowest BCUT2D eigenvalue weighted by Gasteiger charge is -2.58. The Balaban J connectivity index is 1.24. The Labute approximate surface area is 199 Å². The van der Waals surface area contributed by atoms with Crippen LogP contribution in [0.25, 0.3) is 5.69 Å². The van der Waals surface area contributed by atoms with E-state index in [0.717, 1.165) is 54.6 Å². The third kappa shape index (κ3) is 3.82. The molecule has 0 atom stereocenters. The molecule has 1 aliphatic carbocycles. The molecule has 34 heavy (non-hydrogen) atoms. The van der Waals surface area contributed by atoms with Crippen molar-refractivity contribution in [2.45, 2.75) is 44.9 Å². The fourth-order valence-corrected chi connectivity index (χ4v) is 5.83.